The third kappa shape index (κ3) is 2.80. The van der Waals surface area contributed by atoms with Gasteiger partial charge in [0.1, 0.15) is 0 Å². The zero-order valence-electron chi connectivity index (χ0n) is 6.66. The number of nitrogens with zero attached hydrogens (tertiary/aromatic N) is 2. The third-order valence-corrected chi connectivity index (χ3v) is 1.07. The van der Waals surface area contributed by atoms with Crippen molar-refractivity contribution in [3.05, 3.63) is 0 Å². The van der Waals surface area contributed by atoms with Crippen LogP contribution in [0.25, 0.3) is 0 Å². The van der Waals surface area contributed by atoms with E-state index in [2.05, 4.69) is 0 Å². The molecule has 0 aromatic carbocycles. The van der Waals surface area contributed by atoms with Crippen molar-refractivity contribution in [2.75, 3.05) is 14.1 Å². The molecule has 0 atom stereocenters. The summed E-state index contributed by atoms with van der Waals surface area (Å²) < 4.78 is 0. The Balaban J connectivity index is 3.71. The first kappa shape index (κ1) is 9.39. The van der Waals surface area contributed by atoms with Crippen molar-refractivity contribution >= 4 is 5.91 Å². The van der Waals surface area contributed by atoms with Gasteiger partial charge in [-0.15, -0.1) is 5.17 Å². The van der Waals surface area contributed by atoms with Gasteiger partial charge in [0, 0.05) is 20.5 Å². The maximum Gasteiger partial charge on any atom is 0.261 e. The van der Waals surface area contributed by atoms with Crippen molar-refractivity contribution < 1.29 is 10.0 Å². The molecule has 0 saturated heterocycles. The normalized spacial score (nSPS) is 10.1. The van der Waals surface area contributed by atoms with Gasteiger partial charge in [-0.3, -0.25) is 10.0 Å². The van der Waals surface area contributed by atoms with Gasteiger partial charge in [0.05, 0.1) is 0 Å². The Morgan fingerprint density at radius 3 is 2.30 bits per heavy atom. The van der Waals surface area contributed by atoms with Gasteiger partial charge < -0.3 is 0 Å². The Bertz CT molecular complexity index is 114. The van der Waals surface area contributed by atoms with Gasteiger partial charge in [-0.2, -0.15) is 5.01 Å². The van der Waals surface area contributed by atoms with Crippen LogP contribution in [-0.4, -0.2) is 35.4 Å². The van der Waals surface area contributed by atoms with Crippen molar-refractivity contribution in [1.82, 2.24) is 10.2 Å². The predicted octanol–water partition coefficient (Wildman–Crippen LogP) is 0.481. The Kier molecular flexibility index (Phi) is 3.99. The van der Waals surface area contributed by atoms with E-state index < -0.39 is 0 Å². The van der Waals surface area contributed by atoms with E-state index in [0.29, 0.717) is 11.6 Å². The lowest BCUT2D eigenvalue weighted by Gasteiger charge is -2.20. The maximum absolute atomic E-state index is 10.8. The van der Waals surface area contributed by atoms with Crippen LogP contribution in [0, 0.1) is 0 Å². The van der Waals surface area contributed by atoms with Gasteiger partial charge in [0.2, 0.25) is 0 Å². The topological polar surface area (TPSA) is 43.8 Å². The van der Waals surface area contributed by atoms with Crippen molar-refractivity contribution in [2.45, 2.75) is 19.8 Å². The summed E-state index contributed by atoms with van der Waals surface area (Å²) >= 11 is 0. The molecule has 1 amide bonds. The van der Waals surface area contributed by atoms with Crippen LogP contribution in [0.15, 0.2) is 0 Å². The van der Waals surface area contributed by atoms with Crippen LogP contribution in [0.4, 0.5) is 0 Å². The molecule has 0 aliphatic rings. The summed E-state index contributed by atoms with van der Waals surface area (Å²) in [7, 11) is 3.21. The summed E-state index contributed by atoms with van der Waals surface area (Å²) in [6.45, 7) is 1.89. The van der Waals surface area contributed by atoms with E-state index in [-0.39, 0.29) is 5.91 Å². The lowest BCUT2D eigenvalue weighted by atomic mass is 10.3. The minimum absolute atomic E-state index is 0.271. The molecule has 0 aromatic heterocycles. The van der Waals surface area contributed by atoms with E-state index in [1.165, 1.54) is 5.01 Å². The van der Waals surface area contributed by atoms with E-state index in [9.17, 15) is 4.79 Å². The number of hydroxylamine groups is 1. The molecule has 4 heteroatoms. The van der Waals surface area contributed by atoms with Crippen molar-refractivity contribution in [1.29, 1.82) is 0 Å². The Hall–Kier alpha value is -0.610. The average Bonchev–Trinajstić information content (AvgIpc) is 1.87. The van der Waals surface area contributed by atoms with Gasteiger partial charge in [0.25, 0.3) is 5.91 Å². The molecular formula is C6H14N2O2. The molecule has 0 heterocycles. The minimum Gasteiger partial charge on any atom is -0.271 e. The summed E-state index contributed by atoms with van der Waals surface area (Å²) in [4.78, 5) is 10.8. The molecule has 0 bridgehead atoms. The highest BCUT2D eigenvalue weighted by atomic mass is 16.6. The fourth-order valence-electron chi connectivity index (χ4n) is 0.537. The zero-order chi connectivity index (χ0) is 8.15. The van der Waals surface area contributed by atoms with Crippen LogP contribution in [0.1, 0.15) is 19.8 Å². The highest BCUT2D eigenvalue weighted by Gasteiger charge is 2.10. The highest BCUT2D eigenvalue weighted by molar-refractivity contribution is 5.74. The summed E-state index contributed by atoms with van der Waals surface area (Å²) in [5.74, 6) is -0.271. The highest BCUT2D eigenvalue weighted by Crippen LogP contribution is 1.94. The molecule has 10 heavy (non-hydrogen) atoms. The number of hydrogen-bond acceptors (Lipinski definition) is 3. The molecule has 0 aliphatic carbocycles. The molecule has 0 unspecified atom stereocenters. The van der Waals surface area contributed by atoms with Crippen molar-refractivity contribution in [2.24, 2.45) is 0 Å². The number of hydrogen-bond donors (Lipinski definition) is 1. The lowest BCUT2D eigenvalue weighted by molar-refractivity contribution is -0.223. The van der Waals surface area contributed by atoms with Crippen LogP contribution in [0.2, 0.25) is 0 Å². The van der Waals surface area contributed by atoms with E-state index >= 15 is 0 Å². The smallest absolute Gasteiger partial charge is 0.261 e. The van der Waals surface area contributed by atoms with E-state index in [1.807, 2.05) is 6.92 Å². The van der Waals surface area contributed by atoms with E-state index in [1.54, 1.807) is 14.1 Å². The monoisotopic (exact) mass is 146 g/mol. The molecule has 0 spiro atoms. The fourth-order valence-corrected chi connectivity index (χ4v) is 0.537. The minimum atomic E-state index is -0.271. The van der Waals surface area contributed by atoms with Crippen molar-refractivity contribution in [3.63, 3.8) is 0 Å². The van der Waals surface area contributed by atoms with Gasteiger partial charge in [-0.25, -0.2) is 0 Å². The average molecular weight is 146 g/mol. The summed E-state index contributed by atoms with van der Waals surface area (Å²) in [6, 6.07) is 0. The third-order valence-electron chi connectivity index (χ3n) is 1.07. The number of carbonyl (C=O) groups is 1. The summed E-state index contributed by atoms with van der Waals surface area (Å²) in [6.07, 6.45) is 1.14. The molecule has 0 radical (unpaired) electrons. The van der Waals surface area contributed by atoms with Gasteiger partial charge in [0.15, 0.2) is 0 Å². The first-order valence-electron chi connectivity index (χ1n) is 3.28. The van der Waals surface area contributed by atoms with Gasteiger partial charge >= 0.3 is 0 Å². The molecule has 4 nitrogen and oxygen atoms in total. The number of carbonyl (C=O) groups excluding carboxylic acids is 1. The van der Waals surface area contributed by atoms with Crippen LogP contribution in [0.3, 0.4) is 0 Å². The Morgan fingerprint density at radius 1 is 1.50 bits per heavy atom. The standard InChI is InChI=1S/C6H14N2O2/c1-4-5-6(9)8(10)7(2)3/h10H,4-5H2,1-3H3. The van der Waals surface area contributed by atoms with E-state index in [0.717, 1.165) is 6.42 Å². The lowest BCUT2D eigenvalue weighted by Crippen LogP contribution is -2.38. The zero-order valence-corrected chi connectivity index (χ0v) is 6.66. The first-order valence-corrected chi connectivity index (χ1v) is 3.28. The quantitative estimate of drug-likeness (QED) is 0.465. The second kappa shape index (κ2) is 4.24. The second-order valence-corrected chi connectivity index (χ2v) is 2.28. The number of amides is 1. The van der Waals surface area contributed by atoms with Crippen LogP contribution in [-0.2, 0) is 4.79 Å². The molecule has 0 fully saturated rings. The first-order chi connectivity index (χ1) is 4.59. The summed E-state index contributed by atoms with van der Waals surface area (Å²) in [5.41, 5.74) is 0. The molecule has 0 aromatic rings. The van der Waals surface area contributed by atoms with Crippen LogP contribution in [0.5, 0.6) is 0 Å². The van der Waals surface area contributed by atoms with Gasteiger partial charge in [-0.1, -0.05) is 6.92 Å². The second-order valence-electron chi connectivity index (χ2n) is 2.28. The molecule has 0 rings (SSSR count). The van der Waals surface area contributed by atoms with Crippen LogP contribution >= 0.6 is 0 Å². The molecule has 1 N–H and O–H groups in total. The Labute approximate surface area is 61.0 Å². The molecule has 0 saturated carbocycles. The largest absolute Gasteiger partial charge is 0.271 e. The fraction of sp³-hybridized carbons (Fsp3) is 0.833. The Morgan fingerprint density at radius 2 is 2.00 bits per heavy atom. The van der Waals surface area contributed by atoms with Crippen LogP contribution < -0.4 is 0 Å². The molecule has 0 aliphatic heterocycles. The number of rotatable bonds is 3. The number of hydrazine groups is 1. The predicted molar refractivity (Wildman–Crippen MR) is 37.2 cm³/mol. The molecular weight excluding hydrogens is 132 g/mol. The molecule has 60 valence electrons. The van der Waals surface area contributed by atoms with E-state index in [4.69, 9.17) is 5.21 Å². The maximum atomic E-state index is 10.8. The van der Waals surface area contributed by atoms with Crippen molar-refractivity contribution in [3.8, 4) is 0 Å². The SMILES string of the molecule is CCCC(=O)N(O)N(C)C. The summed E-state index contributed by atoms with van der Waals surface area (Å²) in [5, 5.41) is 10.9. The van der Waals surface area contributed by atoms with Gasteiger partial charge in [-0.05, 0) is 6.42 Å².